The molecule has 1 aliphatic rings. The molecule has 0 bridgehead atoms. The van der Waals surface area contributed by atoms with Gasteiger partial charge in [-0.3, -0.25) is 0 Å². The van der Waals surface area contributed by atoms with E-state index < -0.39 is 11.8 Å². The fraction of sp³-hybridized carbons (Fsp3) is 0.500. The molecule has 0 aliphatic carbocycles. The number of nitrogens with two attached hydrogens (primary N) is 1. The van der Waals surface area contributed by atoms with Gasteiger partial charge < -0.3 is 20.9 Å². The van der Waals surface area contributed by atoms with Crippen LogP contribution in [0.3, 0.4) is 0 Å². The molecule has 5 nitrogen and oxygen atoms in total. The molecule has 6 heteroatoms. The van der Waals surface area contributed by atoms with Crippen LogP contribution in [0.4, 0.5) is 15.8 Å². The SMILES string of the molecule is CC1(CNc2ccc(F)c(N)c2C(=O)O)CCOCC1. The Kier molecular flexibility index (Phi) is 4.13. The molecule has 1 aromatic rings. The van der Waals surface area contributed by atoms with Gasteiger partial charge in [-0.2, -0.15) is 0 Å². The van der Waals surface area contributed by atoms with E-state index in [1.165, 1.54) is 12.1 Å². The van der Waals surface area contributed by atoms with E-state index >= 15 is 0 Å². The van der Waals surface area contributed by atoms with Crippen molar-refractivity contribution in [1.29, 1.82) is 0 Å². The minimum Gasteiger partial charge on any atom is -0.478 e. The molecule has 0 saturated carbocycles. The van der Waals surface area contributed by atoms with E-state index in [2.05, 4.69) is 12.2 Å². The quantitative estimate of drug-likeness (QED) is 0.738. The first kappa shape index (κ1) is 14.6. The highest BCUT2D eigenvalue weighted by molar-refractivity contribution is 6.00. The van der Waals surface area contributed by atoms with Crippen molar-refractivity contribution < 1.29 is 19.0 Å². The number of carboxylic acid groups (broad SMARTS) is 1. The normalized spacial score (nSPS) is 17.7. The van der Waals surface area contributed by atoms with Crippen LogP contribution >= 0.6 is 0 Å². The lowest BCUT2D eigenvalue weighted by Crippen LogP contribution is -2.33. The lowest BCUT2D eigenvalue weighted by atomic mass is 9.82. The predicted molar refractivity (Wildman–Crippen MR) is 74.4 cm³/mol. The smallest absolute Gasteiger partial charge is 0.340 e. The van der Waals surface area contributed by atoms with Crippen molar-refractivity contribution in [3.63, 3.8) is 0 Å². The van der Waals surface area contributed by atoms with Gasteiger partial charge in [0.25, 0.3) is 0 Å². The fourth-order valence-corrected chi connectivity index (χ4v) is 2.32. The van der Waals surface area contributed by atoms with Crippen LogP contribution in [0.2, 0.25) is 0 Å². The Hall–Kier alpha value is -1.82. The fourth-order valence-electron chi connectivity index (χ4n) is 2.32. The summed E-state index contributed by atoms with van der Waals surface area (Å²) < 4.78 is 18.7. The molecule has 0 aromatic heterocycles. The Morgan fingerprint density at radius 1 is 1.50 bits per heavy atom. The van der Waals surface area contributed by atoms with E-state index in [1.807, 2.05) is 0 Å². The molecule has 0 radical (unpaired) electrons. The van der Waals surface area contributed by atoms with Gasteiger partial charge in [-0.05, 0) is 30.4 Å². The summed E-state index contributed by atoms with van der Waals surface area (Å²) in [5.41, 5.74) is 5.36. The van der Waals surface area contributed by atoms with E-state index in [-0.39, 0.29) is 16.7 Å². The van der Waals surface area contributed by atoms with Crippen LogP contribution in [0.25, 0.3) is 0 Å². The van der Waals surface area contributed by atoms with Crippen LogP contribution in [0.15, 0.2) is 12.1 Å². The zero-order valence-corrected chi connectivity index (χ0v) is 11.4. The minimum atomic E-state index is -1.23. The Morgan fingerprint density at radius 3 is 2.75 bits per heavy atom. The average molecular weight is 282 g/mol. The van der Waals surface area contributed by atoms with Crippen molar-refractivity contribution in [3.8, 4) is 0 Å². The van der Waals surface area contributed by atoms with Crippen molar-refractivity contribution in [2.45, 2.75) is 19.8 Å². The predicted octanol–water partition coefficient (Wildman–Crippen LogP) is 2.33. The number of carbonyl (C=O) groups is 1. The van der Waals surface area contributed by atoms with Crippen molar-refractivity contribution in [1.82, 2.24) is 0 Å². The van der Waals surface area contributed by atoms with Crippen LogP contribution in [0.1, 0.15) is 30.1 Å². The first-order valence-electron chi connectivity index (χ1n) is 6.56. The van der Waals surface area contributed by atoms with Crippen LogP contribution in [0.5, 0.6) is 0 Å². The van der Waals surface area contributed by atoms with Gasteiger partial charge in [0.05, 0.1) is 11.4 Å². The van der Waals surface area contributed by atoms with Gasteiger partial charge in [-0.25, -0.2) is 9.18 Å². The van der Waals surface area contributed by atoms with Gasteiger partial charge in [-0.1, -0.05) is 6.92 Å². The van der Waals surface area contributed by atoms with Crippen LogP contribution in [-0.2, 0) is 4.74 Å². The highest BCUT2D eigenvalue weighted by Crippen LogP contribution is 2.31. The van der Waals surface area contributed by atoms with Crippen molar-refractivity contribution >= 4 is 17.3 Å². The molecule has 1 fully saturated rings. The van der Waals surface area contributed by atoms with E-state index in [0.717, 1.165) is 12.8 Å². The molecule has 20 heavy (non-hydrogen) atoms. The third-order valence-electron chi connectivity index (χ3n) is 3.81. The number of hydrogen-bond donors (Lipinski definition) is 3. The number of aromatic carboxylic acids is 1. The number of halogens is 1. The van der Waals surface area contributed by atoms with E-state index in [0.29, 0.717) is 25.4 Å². The summed E-state index contributed by atoms with van der Waals surface area (Å²) in [6.07, 6.45) is 1.80. The third-order valence-corrected chi connectivity index (χ3v) is 3.81. The summed E-state index contributed by atoms with van der Waals surface area (Å²) in [6.45, 7) is 4.13. The topological polar surface area (TPSA) is 84.6 Å². The highest BCUT2D eigenvalue weighted by Gasteiger charge is 2.28. The number of hydrogen-bond acceptors (Lipinski definition) is 4. The number of carboxylic acids is 1. The number of ether oxygens (including phenoxy) is 1. The van der Waals surface area contributed by atoms with Gasteiger partial charge in [0.1, 0.15) is 11.4 Å². The summed E-state index contributed by atoms with van der Waals surface area (Å²) in [5, 5.41) is 12.3. The maximum Gasteiger partial charge on any atom is 0.340 e. The van der Waals surface area contributed by atoms with Crippen LogP contribution in [-0.4, -0.2) is 30.8 Å². The second-order valence-electron chi connectivity index (χ2n) is 5.47. The Bertz CT molecular complexity index is 513. The summed E-state index contributed by atoms with van der Waals surface area (Å²) >= 11 is 0. The molecule has 1 aliphatic heterocycles. The number of rotatable bonds is 4. The van der Waals surface area contributed by atoms with Crippen molar-refractivity contribution in [2.75, 3.05) is 30.8 Å². The Labute approximate surface area is 116 Å². The Morgan fingerprint density at radius 2 is 2.15 bits per heavy atom. The molecular weight excluding hydrogens is 263 g/mol. The zero-order chi connectivity index (χ0) is 14.8. The van der Waals surface area contributed by atoms with Crippen molar-refractivity contribution in [2.24, 2.45) is 5.41 Å². The number of anilines is 2. The second-order valence-corrected chi connectivity index (χ2v) is 5.47. The van der Waals surface area contributed by atoms with Gasteiger partial charge in [0.15, 0.2) is 0 Å². The third kappa shape index (κ3) is 3.01. The molecule has 1 heterocycles. The first-order valence-corrected chi connectivity index (χ1v) is 6.56. The molecule has 110 valence electrons. The second kappa shape index (κ2) is 5.66. The molecule has 0 unspecified atom stereocenters. The standard InChI is InChI=1S/C14H19FN2O3/c1-14(4-6-20-7-5-14)8-17-10-3-2-9(15)12(16)11(10)13(18)19/h2-3,17H,4-8,16H2,1H3,(H,18,19). The Balaban J connectivity index is 2.17. The van der Waals surface area contributed by atoms with Gasteiger partial charge in [0, 0.05) is 19.8 Å². The molecule has 1 saturated heterocycles. The van der Waals surface area contributed by atoms with E-state index in [4.69, 9.17) is 15.6 Å². The number of nitrogen functional groups attached to an aromatic ring is 1. The van der Waals surface area contributed by atoms with Crippen LogP contribution < -0.4 is 11.1 Å². The number of benzene rings is 1. The van der Waals surface area contributed by atoms with E-state index in [1.54, 1.807) is 0 Å². The molecule has 0 amide bonds. The summed E-state index contributed by atoms with van der Waals surface area (Å²) in [5.74, 6) is -1.95. The number of nitrogens with one attached hydrogen (secondary N) is 1. The molecular formula is C14H19FN2O3. The van der Waals surface area contributed by atoms with Crippen LogP contribution in [0, 0.1) is 11.2 Å². The van der Waals surface area contributed by atoms with Gasteiger partial charge in [0.2, 0.25) is 0 Å². The lowest BCUT2D eigenvalue weighted by molar-refractivity contribution is 0.0299. The summed E-state index contributed by atoms with van der Waals surface area (Å²) in [4.78, 5) is 11.2. The maximum atomic E-state index is 13.4. The minimum absolute atomic E-state index is 0.0389. The summed E-state index contributed by atoms with van der Waals surface area (Å²) in [7, 11) is 0. The lowest BCUT2D eigenvalue weighted by Gasteiger charge is -2.34. The first-order chi connectivity index (χ1) is 9.43. The molecule has 2 rings (SSSR count). The van der Waals surface area contributed by atoms with E-state index in [9.17, 15) is 9.18 Å². The monoisotopic (exact) mass is 282 g/mol. The maximum absolute atomic E-state index is 13.4. The summed E-state index contributed by atoms with van der Waals surface area (Å²) in [6, 6.07) is 2.59. The van der Waals surface area contributed by atoms with Gasteiger partial charge in [-0.15, -0.1) is 0 Å². The molecule has 0 spiro atoms. The molecule has 1 aromatic carbocycles. The molecule has 0 atom stereocenters. The zero-order valence-electron chi connectivity index (χ0n) is 11.4. The van der Waals surface area contributed by atoms with Crippen molar-refractivity contribution in [3.05, 3.63) is 23.5 Å². The highest BCUT2D eigenvalue weighted by atomic mass is 19.1. The molecule has 4 N–H and O–H groups in total. The largest absolute Gasteiger partial charge is 0.478 e. The average Bonchev–Trinajstić information content (AvgIpc) is 2.40. The van der Waals surface area contributed by atoms with Gasteiger partial charge >= 0.3 is 5.97 Å².